The second-order valence-corrected chi connectivity index (χ2v) is 1.68. The summed E-state index contributed by atoms with van der Waals surface area (Å²) in [6, 6.07) is 0. The summed E-state index contributed by atoms with van der Waals surface area (Å²) in [6.07, 6.45) is 8.86. The first-order chi connectivity index (χ1) is 4.81. The van der Waals surface area contributed by atoms with Crippen molar-refractivity contribution in [3.63, 3.8) is 0 Å². The Labute approximate surface area is 60.7 Å². The Balaban J connectivity index is 3.70. The van der Waals surface area contributed by atoms with Crippen LogP contribution in [-0.2, 0) is 0 Å². The van der Waals surface area contributed by atoms with E-state index < -0.39 is 5.97 Å². The fourth-order valence-corrected chi connectivity index (χ4v) is 0.369. The molecule has 0 spiro atoms. The van der Waals surface area contributed by atoms with Gasteiger partial charge >= 0.3 is 0 Å². The molecule has 0 aromatic carbocycles. The third kappa shape index (κ3) is 5.04. The SMILES string of the molecule is C#CC/C(F)=N\C=C/CC. The van der Waals surface area contributed by atoms with E-state index in [1.54, 1.807) is 6.08 Å². The molecule has 0 aromatic rings. The summed E-state index contributed by atoms with van der Waals surface area (Å²) < 4.78 is 12.3. The van der Waals surface area contributed by atoms with Crippen molar-refractivity contribution in [2.24, 2.45) is 4.99 Å². The summed E-state index contributed by atoms with van der Waals surface area (Å²) in [6.45, 7) is 1.95. The minimum absolute atomic E-state index is 0.0198. The lowest BCUT2D eigenvalue weighted by atomic mass is 10.4. The predicted molar refractivity (Wildman–Crippen MR) is 41.4 cm³/mol. The Hall–Kier alpha value is -1.10. The molecule has 0 saturated carbocycles. The van der Waals surface area contributed by atoms with Crippen LogP contribution in [0.2, 0.25) is 0 Å². The van der Waals surface area contributed by atoms with E-state index in [-0.39, 0.29) is 6.42 Å². The number of allylic oxidation sites excluding steroid dienone is 1. The van der Waals surface area contributed by atoms with Crippen LogP contribution in [0.3, 0.4) is 0 Å². The molecule has 0 radical (unpaired) electrons. The number of terminal acetylenes is 1. The van der Waals surface area contributed by atoms with Crippen LogP contribution < -0.4 is 0 Å². The second-order valence-electron chi connectivity index (χ2n) is 1.68. The molecule has 0 unspecified atom stereocenters. The van der Waals surface area contributed by atoms with Crippen molar-refractivity contribution in [2.45, 2.75) is 19.8 Å². The van der Waals surface area contributed by atoms with Gasteiger partial charge in [-0.3, -0.25) is 0 Å². The van der Waals surface area contributed by atoms with E-state index in [1.165, 1.54) is 6.20 Å². The quantitative estimate of drug-likeness (QED) is 0.420. The molecule has 0 amide bonds. The molecule has 0 heterocycles. The average Bonchev–Trinajstić information content (AvgIpc) is 1.89. The highest BCUT2D eigenvalue weighted by atomic mass is 19.1. The minimum atomic E-state index is -0.507. The second kappa shape index (κ2) is 6.03. The topological polar surface area (TPSA) is 12.4 Å². The molecule has 0 fully saturated rings. The van der Waals surface area contributed by atoms with Gasteiger partial charge in [-0.1, -0.05) is 18.9 Å². The molecule has 0 saturated heterocycles. The van der Waals surface area contributed by atoms with Crippen LogP contribution >= 0.6 is 0 Å². The van der Waals surface area contributed by atoms with Gasteiger partial charge in [-0.05, 0) is 6.42 Å². The Bertz CT molecular complexity index is 174. The summed E-state index contributed by atoms with van der Waals surface area (Å²) >= 11 is 0. The van der Waals surface area contributed by atoms with Crippen molar-refractivity contribution in [1.82, 2.24) is 0 Å². The van der Waals surface area contributed by atoms with Crippen molar-refractivity contribution < 1.29 is 4.39 Å². The van der Waals surface area contributed by atoms with Crippen LogP contribution in [0.25, 0.3) is 0 Å². The van der Waals surface area contributed by atoms with E-state index in [0.717, 1.165) is 6.42 Å². The predicted octanol–water partition coefficient (Wildman–Crippen LogP) is 2.30. The number of hydrogen-bond acceptors (Lipinski definition) is 1. The molecule has 0 atom stereocenters. The van der Waals surface area contributed by atoms with Crippen LogP contribution in [0.5, 0.6) is 0 Å². The Kier molecular flexibility index (Phi) is 5.36. The van der Waals surface area contributed by atoms with Gasteiger partial charge in [0.1, 0.15) is 0 Å². The summed E-state index contributed by atoms with van der Waals surface area (Å²) in [5.74, 6) is 1.65. The summed E-state index contributed by atoms with van der Waals surface area (Å²) in [7, 11) is 0. The van der Waals surface area contributed by atoms with Crippen molar-refractivity contribution in [3.8, 4) is 12.3 Å². The molecule has 0 rings (SSSR count). The third-order valence-corrected chi connectivity index (χ3v) is 0.804. The number of rotatable bonds is 3. The maximum absolute atomic E-state index is 12.3. The van der Waals surface area contributed by atoms with E-state index in [0.29, 0.717) is 0 Å². The first kappa shape index (κ1) is 8.90. The minimum Gasteiger partial charge on any atom is -0.232 e. The molecule has 0 aromatic heterocycles. The molecular weight excluding hydrogens is 129 g/mol. The Morgan fingerprint density at radius 3 is 3.00 bits per heavy atom. The highest BCUT2D eigenvalue weighted by Crippen LogP contribution is 1.89. The fourth-order valence-electron chi connectivity index (χ4n) is 0.369. The standard InChI is InChI=1S/C8H10FN/c1-3-5-7-10-8(9)6-4-2/h2,5,7H,3,6H2,1H3/b7-5-,10-8+. The van der Waals surface area contributed by atoms with Crippen LogP contribution in [0.4, 0.5) is 4.39 Å². The maximum Gasteiger partial charge on any atom is 0.200 e. The van der Waals surface area contributed by atoms with Crippen molar-refractivity contribution in [2.75, 3.05) is 0 Å². The van der Waals surface area contributed by atoms with Gasteiger partial charge in [-0.25, -0.2) is 4.99 Å². The first-order valence-electron chi connectivity index (χ1n) is 3.12. The fraction of sp³-hybridized carbons (Fsp3) is 0.375. The molecule has 0 aliphatic rings. The van der Waals surface area contributed by atoms with Gasteiger partial charge in [0.2, 0.25) is 5.97 Å². The van der Waals surface area contributed by atoms with Crippen LogP contribution in [0, 0.1) is 12.3 Å². The molecule has 0 aliphatic heterocycles. The number of hydrogen-bond donors (Lipinski definition) is 0. The highest BCUT2D eigenvalue weighted by molar-refractivity contribution is 5.77. The van der Waals surface area contributed by atoms with Crippen molar-refractivity contribution in [1.29, 1.82) is 0 Å². The third-order valence-electron chi connectivity index (χ3n) is 0.804. The summed E-state index contributed by atoms with van der Waals surface area (Å²) in [5, 5.41) is 0. The van der Waals surface area contributed by atoms with E-state index in [1.807, 2.05) is 6.92 Å². The van der Waals surface area contributed by atoms with Crippen LogP contribution in [-0.4, -0.2) is 5.97 Å². The van der Waals surface area contributed by atoms with Gasteiger partial charge in [0.05, 0.1) is 6.42 Å². The van der Waals surface area contributed by atoms with Gasteiger partial charge in [0.25, 0.3) is 0 Å². The Morgan fingerprint density at radius 2 is 2.50 bits per heavy atom. The molecule has 0 N–H and O–H groups in total. The molecule has 54 valence electrons. The van der Waals surface area contributed by atoms with Crippen molar-refractivity contribution >= 4 is 5.97 Å². The maximum atomic E-state index is 12.3. The van der Waals surface area contributed by atoms with E-state index in [2.05, 4.69) is 10.9 Å². The smallest absolute Gasteiger partial charge is 0.200 e. The largest absolute Gasteiger partial charge is 0.232 e. The average molecular weight is 139 g/mol. The van der Waals surface area contributed by atoms with Crippen LogP contribution in [0.15, 0.2) is 17.3 Å². The van der Waals surface area contributed by atoms with E-state index >= 15 is 0 Å². The lowest BCUT2D eigenvalue weighted by Gasteiger charge is -1.82. The Morgan fingerprint density at radius 1 is 1.80 bits per heavy atom. The lowest BCUT2D eigenvalue weighted by Crippen LogP contribution is -1.82. The van der Waals surface area contributed by atoms with Gasteiger partial charge in [-0.15, -0.1) is 6.42 Å². The number of halogens is 1. The molecule has 10 heavy (non-hydrogen) atoms. The molecular formula is C8H10FN. The highest BCUT2D eigenvalue weighted by Gasteiger charge is 1.87. The van der Waals surface area contributed by atoms with E-state index in [4.69, 9.17) is 6.42 Å². The van der Waals surface area contributed by atoms with Gasteiger partial charge < -0.3 is 0 Å². The zero-order valence-corrected chi connectivity index (χ0v) is 5.97. The van der Waals surface area contributed by atoms with Gasteiger partial charge in [-0.2, -0.15) is 4.39 Å². The van der Waals surface area contributed by atoms with Crippen LogP contribution in [0.1, 0.15) is 19.8 Å². The zero-order chi connectivity index (χ0) is 7.82. The van der Waals surface area contributed by atoms with E-state index in [9.17, 15) is 4.39 Å². The summed E-state index contributed by atoms with van der Waals surface area (Å²) in [5.41, 5.74) is 0. The molecule has 0 bridgehead atoms. The monoisotopic (exact) mass is 139 g/mol. The summed E-state index contributed by atoms with van der Waals surface area (Å²) in [4.78, 5) is 3.43. The van der Waals surface area contributed by atoms with Crippen molar-refractivity contribution in [3.05, 3.63) is 12.3 Å². The normalized spacial score (nSPS) is 11.9. The zero-order valence-electron chi connectivity index (χ0n) is 5.97. The first-order valence-corrected chi connectivity index (χ1v) is 3.12. The lowest BCUT2D eigenvalue weighted by molar-refractivity contribution is 0.786. The molecule has 1 nitrogen and oxygen atoms in total. The molecule has 0 aliphatic carbocycles. The van der Waals surface area contributed by atoms with Gasteiger partial charge in [0.15, 0.2) is 0 Å². The number of nitrogens with zero attached hydrogens (tertiary/aromatic N) is 1. The number of aliphatic imine (C=N–C) groups is 1. The van der Waals surface area contributed by atoms with Gasteiger partial charge in [0, 0.05) is 6.20 Å². The molecule has 2 heteroatoms.